The first-order chi connectivity index (χ1) is 13.7. The lowest BCUT2D eigenvalue weighted by atomic mass is 9.84. The van der Waals surface area contributed by atoms with E-state index in [2.05, 4.69) is 57.3 Å². The second-order valence-electron chi connectivity index (χ2n) is 8.01. The minimum atomic E-state index is -0.334. The van der Waals surface area contributed by atoms with Gasteiger partial charge < -0.3 is 5.32 Å². The number of ketones is 1. The summed E-state index contributed by atoms with van der Waals surface area (Å²) < 4.78 is 1.10. The molecule has 0 aromatic heterocycles. The van der Waals surface area contributed by atoms with Gasteiger partial charge >= 0.3 is 0 Å². The van der Waals surface area contributed by atoms with E-state index < -0.39 is 0 Å². The Morgan fingerprint density at radius 3 is 2.34 bits per heavy atom. The molecule has 2 aromatic rings. The number of carbonyl (C=O) groups is 1. The molecule has 2 aliphatic rings. The maximum absolute atomic E-state index is 12.5. The molecule has 0 fully saturated rings. The number of allylic oxidation sites excluding steroid dienone is 1. The third kappa shape index (κ3) is 3.60. The molecule has 5 heteroatoms. The van der Waals surface area contributed by atoms with Crippen LogP contribution in [0.4, 0.5) is 5.69 Å². The monoisotopic (exact) mass is 437 g/mol. The Kier molecular flexibility index (Phi) is 5.26. The summed E-state index contributed by atoms with van der Waals surface area (Å²) in [5.41, 5.74) is 6.55. The SMILES string of the molecule is CC(=O)C1=C(c2ccccc2)S/C(=C2/C(=S)C(C)(C)Nc3cc(C)c(C)cc32)S1. The number of carbonyl (C=O) groups excluding carboxylic acids is 1. The Morgan fingerprint density at radius 1 is 1.03 bits per heavy atom. The van der Waals surface area contributed by atoms with Gasteiger partial charge in [0.25, 0.3) is 0 Å². The summed E-state index contributed by atoms with van der Waals surface area (Å²) in [5, 5.41) is 3.61. The quantitative estimate of drug-likeness (QED) is 0.404. The van der Waals surface area contributed by atoms with Crippen LogP contribution >= 0.6 is 35.7 Å². The summed E-state index contributed by atoms with van der Waals surface area (Å²) in [7, 11) is 0. The molecule has 0 atom stereocenters. The van der Waals surface area contributed by atoms with Crippen molar-refractivity contribution in [1.82, 2.24) is 0 Å². The molecule has 0 amide bonds. The molecule has 29 heavy (non-hydrogen) atoms. The van der Waals surface area contributed by atoms with Gasteiger partial charge in [-0.2, -0.15) is 0 Å². The molecule has 0 saturated heterocycles. The molecule has 0 saturated carbocycles. The van der Waals surface area contributed by atoms with Crippen LogP contribution in [0, 0.1) is 13.8 Å². The molecule has 2 nitrogen and oxygen atoms in total. The number of Topliss-reactive ketones (excluding diaryl/α,β-unsaturated/α-hetero) is 1. The van der Waals surface area contributed by atoms with Crippen LogP contribution < -0.4 is 5.32 Å². The van der Waals surface area contributed by atoms with Crippen LogP contribution in [0.25, 0.3) is 10.5 Å². The molecule has 0 bridgehead atoms. The third-order valence-corrected chi connectivity index (χ3v) is 8.76. The summed E-state index contributed by atoms with van der Waals surface area (Å²) in [5.74, 6) is 0.0939. The van der Waals surface area contributed by atoms with Gasteiger partial charge in [-0.15, -0.1) is 0 Å². The van der Waals surface area contributed by atoms with E-state index in [1.807, 2.05) is 18.2 Å². The van der Waals surface area contributed by atoms with Gasteiger partial charge in [0.2, 0.25) is 0 Å². The van der Waals surface area contributed by atoms with E-state index in [9.17, 15) is 4.79 Å². The average molecular weight is 438 g/mol. The molecule has 148 valence electrons. The second-order valence-corrected chi connectivity index (χ2v) is 10.7. The van der Waals surface area contributed by atoms with Crippen molar-refractivity contribution in [2.24, 2.45) is 0 Å². The van der Waals surface area contributed by atoms with Crippen molar-refractivity contribution in [3.8, 4) is 0 Å². The molecule has 0 unspecified atom stereocenters. The van der Waals surface area contributed by atoms with Gasteiger partial charge in [0.05, 0.1) is 14.7 Å². The predicted molar refractivity (Wildman–Crippen MR) is 132 cm³/mol. The number of thioether (sulfide) groups is 2. The second kappa shape index (κ2) is 7.46. The van der Waals surface area contributed by atoms with Gasteiger partial charge in [-0.3, -0.25) is 4.79 Å². The van der Waals surface area contributed by atoms with Crippen LogP contribution in [0.5, 0.6) is 0 Å². The minimum absolute atomic E-state index is 0.0939. The molecular weight excluding hydrogens is 414 g/mol. The van der Waals surface area contributed by atoms with Gasteiger partial charge in [0.15, 0.2) is 5.78 Å². The van der Waals surface area contributed by atoms with Crippen molar-refractivity contribution in [1.29, 1.82) is 0 Å². The summed E-state index contributed by atoms with van der Waals surface area (Å²) in [6, 6.07) is 14.6. The highest BCUT2D eigenvalue weighted by atomic mass is 32.2. The zero-order chi connectivity index (χ0) is 20.9. The summed E-state index contributed by atoms with van der Waals surface area (Å²) in [6.07, 6.45) is 0. The van der Waals surface area contributed by atoms with Crippen LogP contribution in [0.15, 0.2) is 51.6 Å². The Bertz CT molecular complexity index is 1110. The average Bonchev–Trinajstić information content (AvgIpc) is 3.10. The Morgan fingerprint density at radius 2 is 1.69 bits per heavy atom. The smallest absolute Gasteiger partial charge is 0.167 e. The fraction of sp³-hybridized carbons (Fsp3) is 0.250. The van der Waals surface area contributed by atoms with Crippen molar-refractivity contribution in [2.45, 2.75) is 40.2 Å². The molecule has 2 aromatic carbocycles. The minimum Gasteiger partial charge on any atom is -0.375 e. The van der Waals surface area contributed by atoms with Crippen molar-refractivity contribution in [2.75, 3.05) is 5.32 Å². The van der Waals surface area contributed by atoms with E-state index in [0.717, 1.165) is 41.3 Å². The summed E-state index contributed by atoms with van der Waals surface area (Å²) >= 11 is 9.20. The molecule has 2 aliphatic heterocycles. The van der Waals surface area contributed by atoms with Crippen molar-refractivity contribution in [3.05, 3.63) is 73.9 Å². The Balaban J connectivity index is 1.91. The van der Waals surface area contributed by atoms with Crippen LogP contribution in [-0.4, -0.2) is 16.2 Å². The van der Waals surface area contributed by atoms with Crippen molar-refractivity contribution < 1.29 is 4.79 Å². The van der Waals surface area contributed by atoms with Gasteiger partial charge in [-0.05, 0) is 63.4 Å². The maximum atomic E-state index is 12.5. The van der Waals surface area contributed by atoms with Crippen LogP contribution in [0.3, 0.4) is 0 Å². The van der Waals surface area contributed by atoms with E-state index in [0.29, 0.717) is 0 Å². The van der Waals surface area contributed by atoms with Crippen LogP contribution in [0.1, 0.15) is 43.0 Å². The van der Waals surface area contributed by atoms with Gasteiger partial charge in [-0.25, -0.2) is 0 Å². The van der Waals surface area contributed by atoms with Gasteiger partial charge in [0.1, 0.15) is 0 Å². The number of thiocarbonyl (C=S) groups is 1. The topological polar surface area (TPSA) is 29.1 Å². The van der Waals surface area contributed by atoms with E-state index in [4.69, 9.17) is 12.2 Å². The van der Waals surface area contributed by atoms with E-state index in [-0.39, 0.29) is 11.3 Å². The number of hydrogen-bond donors (Lipinski definition) is 1. The Hall–Kier alpha value is -1.82. The molecule has 0 aliphatic carbocycles. The first-order valence-electron chi connectivity index (χ1n) is 9.54. The maximum Gasteiger partial charge on any atom is 0.167 e. The largest absolute Gasteiger partial charge is 0.375 e. The standard InChI is InChI=1S/C24H23NOS3/c1-13-11-17-18(12-14(13)2)25-24(4,5)22(27)19(17)23-28-20(15(3)26)21(29-23)16-9-7-6-8-10-16/h6-12,25H,1-5H3/b23-19+. The summed E-state index contributed by atoms with van der Waals surface area (Å²) in [4.78, 5) is 15.2. The molecule has 4 rings (SSSR count). The fourth-order valence-corrected chi connectivity index (χ4v) is 6.72. The fourth-order valence-electron chi connectivity index (χ4n) is 3.57. The van der Waals surface area contributed by atoms with Crippen LogP contribution in [0.2, 0.25) is 0 Å². The first-order valence-corrected chi connectivity index (χ1v) is 11.6. The summed E-state index contributed by atoms with van der Waals surface area (Å²) in [6.45, 7) is 10.1. The number of hydrogen-bond acceptors (Lipinski definition) is 5. The van der Waals surface area contributed by atoms with E-state index in [1.54, 1.807) is 30.4 Å². The zero-order valence-electron chi connectivity index (χ0n) is 17.2. The van der Waals surface area contributed by atoms with Gasteiger partial charge in [-0.1, -0.05) is 66.1 Å². The normalized spacial score (nSPS) is 20.5. The lowest BCUT2D eigenvalue weighted by Gasteiger charge is -2.37. The molecule has 0 radical (unpaired) electrons. The molecule has 0 spiro atoms. The Labute approximate surface area is 186 Å². The van der Waals surface area contributed by atoms with Crippen molar-refractivity contribution in [3.63, 3.8) is 0 Å². The number of anilines is 1. The number of nitrogens with one attached hydrogen (secondary N) is 1. The van der Waals surface area contributed by atoms with Crippen LogP contribution in [-0.2, 0) is 4.79 Å². The first kappa shape index (κ1) is 20.5. The molecule has 2 heterocycles. The lowest BCUT2D eigenvalue weighted by molar-refractivity contribution is -0.112. The van der Waals surface area contributed by atoms with Gasteiger partial charge in [0, 0.05) is 26.6 Å². The van der Waals surface area contributed by atoms with E-state index in [1.165, 1.54) is 11.1 Å². The highest BCUT2D eigenvalue weighted by Gasteiger charge is 2.38. The molecule has 1 N–H and O–H groups in total. The van der Waals surface area contributed by atoms with E-state index >= 15 is 0 Å². The number of aryl methyl sites for hydroxylation is 2. The zero-order valence-corrected chi connectivity index (χ0v) is 19.6. The highest BCUT2D eigenvalue weighted by molar-refractivity contribution is 8.32. The number of benzene rings is 2. The number of rotatable bonds is 2. The third-order valence-electron chi connectivity index (χ3n) is 5.30. The lowest BCUT2D eigenvalue weighted by Crippen LogP contribution is -2.43. The predicted octanol–water partition coefficient (Wildman–Crippen LogP) is 6.98. The van der Waals surface area contributed by atoms with Crippen molar-refractivity contribution >= 4 is 62.6 Å². The number of fused-ring (bicyclic) bond motifs is 1. The molecular formula is C24H23NOS3. The highest BCUT2D eigenvalue weighted by Crippen LogP contribution is 2.58.